The normalized spacial score (nSPS) is 11.1. The van der Waals surface area contributed by atoms with E-state index in [1.165, 1.54) is 17.8 Å². The van der Waals surface area contributed by atoms with E-state index in [4.69, 9.17) is 21.3 Å². The van der Waals surface area contributed by atoms with Crippen molar-refractivity contribution in [1.29, 1.82) is 0 Å². The lowest BCUT2D eigenvalue weighted by molar-refractivity contribution is 0.414. The highest BCUT2D eigenvalue weighted by Gasteiger charge is 2.15. The Morgan fingerprint density at radius 2 is 1.81 bits per heavy atom. The minimum Gasteiger partial charge on any atom is -0.497 e. The van der Waals surface area contributed by atoms with Crippen LogP contribution in [0.25, 0.3) is 16.7 Å². The molecule has 1 aromatic heterocycles. The third-order valence-electron chi connectivity index (χ3n) is 4.27. The summed E-state index contributed by atoms with van der Waals surface area (Å²) in [6.07, 6.45) is 0. The van der Waals surface area contributed by atoms with E-state index in [2.05, 4.69) is 4.57 Å². The molecule has 0 aliphatic rings. The number of para-hydroxylation sites is 2. The summed E-state index contributed by atoms with van der Waals surface area (Å²) in [6.45, 7) is 0. The summed E-state index contributed by atoms with van der Waals surface area (Å²) in [6, 6.07) is 20.4. The molecule has 136 valence electrons. The quantitative estimate of drug-likeness (QED) is 0.379. The van der Waals surface area contributed by atoms with Crippen molar-refractivity contribution in [2.24, 2.45) is 0 Å². The molecule has 0 saturated heterocycles. The second-order valence-corrected chi connectivity index (χ2v) is 7.26. The van der Waals surface area contributed by atoms with E-state index in [9.17, 15) is 4.39 Å². The third-order valence-corrected chi connectivity index (χ3v) is 5.59. The number of nitrogens with zero attached hydrogens (tertiary/aromatic N) is 2. The highest BCUT2D eigenvalue weighted by molar-refractivity contribution is 7.98. The molecule has 0 amide bonds. The molecular weight excluding hydrogens is 383 g/mol. The number of halogens is 2. The lowest BCUT2D eigenvalue weighted by atomic mass is 10.2. The van der Waals surface area contributed by atoms with E-state index in [1.807, 2.05) is 48.5 Å². The number of thioether (sulfide) groups is 1. The molecule has 4 aromatic rings. The largest absolute Gasteiger partial charge is 0.497 e. The summed E-state index contributed by atoms with van der Waals surface area (Å²) < 4.78 is 21.4. The monoisotopic (exact) mass is 398 g/mol. The highest BCUT2D eigenvalue weighted by atomic mass is 35.5. The fourth-order valence-corrected chi connectivity index (χ4v) is 4.26. The fraction of sp³-hybridized carbons (Fsp3) is 0.0952. The second-order valence-electron chi connectivity index (χ2n) is 5.91. The van der Waals surface area contributed by atoms with Crippen molar-refractivity contribution in [3.8, 4) is 11.4 Å². The fourth-order valence-electron chi connectivity index (χ4n) is 2.89. The summed E-state index contributed by atoms with van der Waals surface area (Å²) >= 11 is 7.63. The van der Waals surface area contributed by atoms with Crippen LogP contribution in [0.15, 0.2) is 71.9 Å². The number of methoxy groups -OCH3 is 1. The zero-order valence-electron chi connectivity index (χ0n) is 14.5. The minimum atomic E-state index is -0.304. The van der Waals surface area contributed by atoms with E-state index in [-0.39, 0.29) is 5.82 Å². The maximum Gasteiger partial charge on any atom is 0.174 e. The minimum absolute atomic E-state index is 0.304. The first kappa shape index (κ1) is 17.9. The van der Waals surface area contributed by atoms with E-state index in [1.54, 1.807) is 19.2 Å². The number of rotatable bonds is 5. The van der Waals surface area contributed by atoms with Crippen LogP contribution in [-0.2, 0) is 5.75 Å². The molecule has 0 aliphatic carbocycles. The van der Waals surface area contributed by atoms with Gasteiger partial charge >= 0.3 is 0 Å². The summed E-state index contributed by atoms with van der Waals surface area (Å²) in [7, 11) is 1.64. The Bertz CT molecular complexity index is 1070. The zero-order valence-corrected chi connectivity index (χ0v) is 16.1. The van der Waals surface area contributed by atoms with Crippen LogP contribution in [0.2, 0.25) is 5.02 Å². The molecule has 3 aromatic carbocycles. The first-order valence-corrected chi connectivity index (χ1v) is 9.71. The van der Waals surface area contributed by atoms with Crippen LogP contribution in [0.4, 0.5) is 4.39 Å². The van der Waals surface area contributed by atoms with Crippen molar-refractivity contribution >= 4 is 34.4 Å². The third kappa shape index (κ3) is 3.53. The van der Waals surface area contributed by atoms with Gasteiger partial charge in [0.25, 0.3) is 0 Å². The molecule has 0 unspecified atom stereocenters. The summed E-state index contributed by atoms with van der Waals surface area (Å²) in [5.41, 5.74) is 3.32. The van der Waals surface area contributed by atoms with Crippen LogP contribution in [0.1, 0.15) is 5.56 Å². The maximum absolute atomic E-state index is 14.1. The molecule has 6 heteroatoms. The van der Waals surface area contributed by atoms with Crippen LogP contribution in [0.3, 0.4) is 0 Å². The van der Waals surface area contributed by atoms with Crippen molar-refractivity contribution < 1.29 is 9.13 Å². The van der Waals surface area contributed by atoms with Gasteiger partial charge in [-0.2, -0.15) is 0 Å². The highest BCUT2D eigenvalue weighted by Crippen LogP contribution is 2.32. The molecule has 0 aliphatic heterocycles. The van der Waals surface area contributed by atoms with Gasteiger partial charge in [0.2, 0.25) is 0 Å². The molecule has 0 fully saturated rings. The van der Waals surface area contributed by atoms with Gasteiger partial charge in [-0.3, -0.25) is 4.57 Å². The van der Waals surface area contributed by atoms with Gasteiger partial charge in [0.15, 0.2) is 5.16 Å². The van der Waals surface area contributed by atoms with Gasteiger partial charge in [0.05, 0.1) is 18.1 Å². The Hall–Kier alpha value is -2.50. The standard InChI is InChI=1S/C21H16ClFN2OS/c1-26-15-11-9-14(10-12-15)25-20-8-3-2-7-19(20)24-21(25)27-13-16-17(22)5-4-6-18(16)23/h2-12H,13H2,1H3. The van der Waals surface area contributed by atoms with Gasteiger partial charge in [0.1, 0.15) is 11.6 Å². The van der Waals surface area contributed by atoms with Gasteiger partial charge in [-0.15, -0.1) is 0 Å². The number of fused-ring (bicyclic) bond motifs is 1. The molecule has 0 bridgehead atoms. The molecular formula is C21H16ClFN2OS. The topological polar surface area (TPSA) is 27.1 Å². The van der Waals surface area contributed by atoms with Crippen LogP contribution >= 0.6 is 23.4 Å². The molecule has 3 nitrogen and oxygen atoms in total. The van der Waals surface area contributed by atoms with Crippen LogP contribution in [0, 0.1) is 5.82 Å². The lowest BCUT2D eigenvalue weighted by Gasteiger charge is -2.10. The molecule has 0 radical (unpaired) electrons. The van der Waals surface area contributed by atoms with E-state index in [0.29, 0.717) is 16.3 Å². The first-order valence-electron chi connectivity index (χ1n) is 8.35. The van der Waals surface area contributed by atoms with Gasteiger partial charge in [-0.1, -0.05) is 41.6 Å². The summed E-state index contributed by atoms with van der Waals surface area (Å²) in [4.78, 5) is 4.74. The summed E-state index contributed by atoms with van der Waals surface area (Å²) in [5, 5.41) is 1.20. The van der Waals surface area contributed by atoms with Crippen LogP contribution in [-0.4, -0.2) is 16.7 Å². The smallest absolute Gasteiger partial charge is 0.174 e. The lowest BCUT2D eigenvalue weighted by Crippen LogP contribution is -1.98. The molecule has 0 atom stereocenters. The van der Waals surface area contributed by atoms with Crippen molar-refractivity contribution in [3.05, 3.63) is 83.1 Å². The van der Waals surface area contributed by atoms with Crippen molar-refractivity contribution in [3.63, 3.8) is 0 Å². The average Bonchev–Trinajstić information content (AvgIpc) is 3.06. The Morgan fingerprint density at radius 3 is 2.56 bits per heavy atom. The first-order chi connectivity index (χ1) is 13.2. The second kappa shape index (κ2) is 7.62. The predicted molar refractivity (Wildman–Crippen MR) is 109 cm³/mol. The van der Waals surface area contributed by atoms with Gasteiger partial charge < -0.3 is 4.74 Å². The molecule has 4 rings (SSSR count). The van der Waals surface area contributed by atoms with E-state index < -0.39 is 0 Å². The zero-order chi connectivity index (χ0) is 18.8. The van der Waals surface area contributed by atoms with E-state index in [0.717, 1.165) is 27.6 Å². The Kier molecular flexibility index (Phi) is 5.05. The molecule has 27 heavy (non-hydrogen) atoms. The van der Waals surface area contributed by atoms with Gasteiger partial charge in [0, 0.05) is 22.0 Å². The van der Waals surface area contributed by atoms with Crippen LogP contribution < -0.4 is 4.74 Å². The molecule has 1 heterocycles. The number of hydrogen-bond donors (Lipinski definition) is 0. The van der Waals surface area contributed by atoms with Gasteiger partial charge in [-0.25, -0.2) is 9.37 Å². The van der Waals surface area contributed by atoms with Crippen molar-refractivity contribution in [1.82, 2.24) is 9.55 Å². The maximum atomic E-state index is 14.1. The average molecular weight is 399 g/mol. The molecule has 0 spiro atoms. The van der Waals surface area contributed by atoms with E-state index >= 15 is 0 Å². The Labute approximate surface area is 165 Å². The predicted octanol–water partition coefficient (Wildman–Crippen LogP) is 6.12. The molecule has 0 saturated carbocycles. The van der Waals surface area contributed by atoms with Crippen molar-refractivity contribution in [2.45, 2.75) is 10.9 Å². The van der Waals surface area contributed by atoms with Crippen molar-refractivity contribution in [2.75, 3.05) is 7.11 Å². The van der Waals surface area contributed by atoms with Gasteiger partial charge in [-0.05, 0) is 48.5 Å². The Morgan fingerprint density at radius 1 is 1.04 bits per heavy atom. The number of aromatic nitrogens is 2. The number of hydrogen-bond acceptors (Lipinski definition) is 3. The molecule has 0 N–H and O–H groups in total. The Balaban J connectivity index is 1.76. The number of ether oxygens (including phenoxy) is 1. The number of benzene rings is 3. The van der Waals surface area contributed by atoms with Crippen LogP contribution in [0.5, 0.6) is 5.75 Å². The SMILES string of the molecule is COc1ccc(-n2c(SCc3c(F)cccc3Cl)nc3ccccc32)cc1. The summed E-state index contributed by atoms with van der Waals surface area (Å²) in [5.74, 6) is 0.878. The number of imidazole rings is 1.